The van der Waals surface area contributed by atoms with Crippen molar-refractivity contribution >= 4 is 64.3 Å². The third kappa shape index (κ3) is 5.76. The molecule has 3 heterocycles. The highest BCUT2D eigenvalue weighted by Gasteiger charge is 2.54. The predicted octanol–water partition coefficient (Wildman–Crippen LogP) is 3.31. The highest BCUT2D eigenvalue weighted by atomic mass is 35.5. The molecule has 2 aliphatic heterocycles. The van der Waals surface area contributed by atoms with Crippen LogP contribution < -0.4 is 14.8 Å². The van der Waals surface area contributed by atoms with Gasteiger partial charge in [-0.25, -0.2) is 4.79 Å². The molecule has 0 saturated carbocycles. The number of nitrogens with one attached hydrogen (secondary N) is 2. The quantitative estimate of drug-likeness (QED) is 0.306. The fraction of sp³-hybridized carbons (Fsp3) is 0.217. The molecular weight excluding hydrogens is 595 g/mol. The van der Waals surface area contributed by atoms with Gasteiger partial charge in [-0.15, -0.1) is 22.0 Å². The lowest BCUT2D eigenvalue weighted by molar-refractivity contribution is -0.150. The fourth-order valence-electron chi connectivity index (χ4n) is 3.94. The van der Waals surface area contributed by atoms with Gasteiger partial charge in [0, 0.05) is 27.4 Å². The molecule has 1 fully saturated rings. The van der Waals surface area contributed by atoms with Crippen LogP contribution >= 0.6 is 46.6 Å². The molecule has 3 N–H and O–H groups in total. The van der Waals surface area contributed by atoms with Crippen molar-refractivity contribution in [2.45, 2.75) is 17.8 Å². The number of aliphatic carboxylic acids is 1. The van der Waals surface area contributed by atoms with E-state index in [0.29, 0.717) is 21.4 Å². The van der Waals surface area contributed by atoms with Crippen LogP contribution in [0.25, 0.3) is 0 Å². The van der Waals surface area contributed by atoms with E-state index in [0.717, 1.165) is 4.90 Å². The number of carboxylic acids is 1. The number of ether oxygens (including phenoxy) is 2. The summed E-state index contributed by atoms with van der Waals surface area (Å²) < 4.78 is 11.8. The van der Waals surface area contributed by atoms with Crippen LogP contribution in [0.3, 0.4) is 0 Å². The van der Waals surface area contributed by atoms with Crippen molar-refractivity contribution in [2.24, 2.45) is 0 Å². The Morgan fingerprint density at radius 2 is 1.87 bits per heavy atom. The zero-order valence-electron chi connectivity index (χ0n) is 19.6. The molecule has 0 bridgehead atoms. The van der Waals surface area contributed by atoms with Gasteiger partial charge in [0.05, 0.1) is 11.4 Å². The molecule has 2 atom stereocenters. The Kier molecular flexibility index (Phi) is 7.84. The van der Waals surface area contributed by atoms with Crippen molar-refractivity contribution in [3.63, 3.8) is 0 Å². The van der Waals surface area contributed by atoms with E-state index in [1.165, 1.54) is 23.9 Å². The van der Waals surface area contributed by atoms with Crippen molar-refractivity contribution in [3.05, 3.63) is 68.6 Å². The van der Waals surface area contributed by atoms with Gasteiger partial charge in [-0.05, 0) is 30.3 Å². The van der Waals surface area contributed by atoms with Crippen LogP contribution in [-0.2, 0) is 20.8 Å². The first-order chi connectivity index (χ1) is 18.7. The maximum atomic E-state index is 12.9. The molecule has 0 radical (unpaired) electrons. The number of H-pyrrole nitrogens is 1. The SMILES string of the molecule is O=C(Cc1nn[nH]n1)NC1C(=O)N2C(C(=O)O)=C(COc3cc(Cl)ccc3Oc3ccc(Cl)cc3Cl)CS[C@@H]12. The van der Waals surface area contributed by atoms with Crippen molar-refractivity contribution in [1.29, 1.82) is 0 Å². The van der Waals surface area contributed by atoms with Crippen molar-refractivity contribution < 1.29 is 29.0 Å². The lowest BCUT2D eigenvalue weighted by Gasteiger charge is -2.49. The Hall–Kier alpha value is -3.52. The first-order valence-electron chi connectivity index (χ1n) is 11.2. The van der Waals surface area contributed by atoms with Crippen LogP contribution in [0, 0.1) is 0 Å². The van der Waals surface area contributed by atoms with Crippen LogP contribution in [0.5, 0.6) is 17.2 Å². The third-order valence-corrected chi connectivity index (χ3v) is 7.80. The summed E-state index contributed by atoms with van der Waals surface area (Å²) in [5.41, 5.74) is 0.168. The Bertz CT molecular complexity index is 1490. The second-order valence-corrected chi connectivity index (χ2v) is 10.7. The number of thioether (sulfide) groups is 1. The fourth-order valence-corrected chi connectivity index (χ4v) is 5.88. The summed E-state index contributed by atoms with van der Waals surface area (Å²) in [7, 11) is 0. The molecule has 12 nitrogen and oxygen atoms in total. The number of carbonyl (C=O) groups excluding carboxylic acids is 2. The number of aromatic amines is 1. The number of tetrazole rings is 1. The Morgan fingerprint density at radius 1 is 1.13 bits per heavy atom. The molecule has 3 aromatic rings. The van der Waals surface area contributed by atoms with Gasteiger partial charge in [0.1, 0.15) is 29.5 Å². The average molecular weight is 612 g/mol. The minimum Gasteiger partial charge on any atom is -0.485 e. The number of carboxylic acid groups (broad SMARTS) is 1. The molecule has 2 amide bonds. The van der Waals surface area contributed by atoms with E-state index >= 15 is 0 Å². The molecule has 202 valence electrons. The summed E-state index contributed by atoms with van der Waals surface area (Å²) in [4.78, 5) is 38.5. The number of rotatable bonds is 9. The number of amides is 2. The summed E-state index contributed by atoms with van der Waals surface area (Å²) in [6.45, 7) is -0.162. The number of fused-ring (bicyclic) bond motifs is 1. The van der Waals surface area contributed by atoms with Gasteiger partial charge in [-0.3, -0.25) is 14.5 Å². The molecule has 5 rings (SSSR count). The predicted molar refractivity (Wildman–Crippen MR) is 141 cm³/mol. The molecule has 2 aliphatic rings. The van der Waals surface area contributed by atoms with Crippen LogP contribution in [0.2, 0.25) is 15.1 Å². The number of nitrogens with zero attached hydrogens (tertiary/aromatic N) is 4. The zero-order valence-corrected chi connectivity index (χ0v) is 22.6. The Labute approximate surface area is 239 Å². The monoisotopic (exact) mass is 610 g/mol. The number of aromatic nitrogens is 4. The molecule has 1 unspecified atom stereocenters. The van der Waals surface area contributed by atoms with Gasteiger partial charge in [0.15, 0.2) is 17.3 Å². The minimum absolute atomic E-state index is 0.162. The van der Waals surface area contributed by atoms with E-state index in [9.17, 15) is 19.5 Å². The first-order valence-corrected chi connectivity index (χ1v) is 13.4. The van der Waals surface area contributed by atoms with E-state index in [1.54, 1.807) is 24.3 Å². The van der Waals surface area contributed by atoms with E-state index in [1.807, 2.05) is 0 Å². The van der Waals surface area contributed by atoms with Crippen molar-refractivity contribution in [2.75, 3.05) is 12.4 Å². The summed E-state index contributed by atoms with van der Waals surface area (Å²) >= 11 is 19.6. The second kappa shape index (κ2) is 11.3. The van der Waals surface area contributed by atoms with E-state index in [2.05, 4.69) is 25.9 Å². The summed E-state index contributed by atoms with van der Waals surface area (Å²) in [5.74, 6) is -1.07. The molecular formula is C23H17Cl3N6O6S. The van der Waals surface area contributed by atoms with Gasteiger partial charge in [-0.1, -0.05) is 40.0 Å². The van der Waals surface area contributed by atoms with Crippen LogP contribution in [0.4, 0.5) is 0 Å². The average Bonchev–Trinajstić information content (AvgIpc) is 3.41. The van der Waals surface area contributed by atoms with Crippen molar-refractivity contribution in [3.8, 4) is 17.2 Å². The largest absolute Gasteiger partial charge is 0.485 e. The molecule has 39 heavy (non-hydrogen) atoms. The number of hydrogen-bond acceptors (Lipinski definition) is 9. The van der Waals surface area contributed by atoms with Gasteiger partial charge >= 0.3 is 5.97 Å². The first kappa shape index (κ1) is 27.1. The Balaban J connectivity index is 1.30. The molecule has 16 heteroatoms. The van der Waals surface area contributed by atoms with Gasteiger partial charge in [0.2, 0.25) is 5.91 Å². The lowest BCUT2D eigenvalue weighted by Crippen LogP contribution is -2.70. The highest BCUT2D eigenvalue weighted by molar-refractivity contribution is 8.00. The maximum absolute atomic E-state index is 12.9. The van der Waals surface area contributed by atoms with Crippen LogP contribution in [-0.4, -0.2) is 72.2 Å². The number of β-lactam (4-membered cyclic amide) rings is 1. The van der Waals surface area contributed by atoms with E-state index in [-0.39, 0.29) is 46.8 Å². The molecule has 0 aliphatic carbocycles. The number of halogens is 3. The number of benzene rings is 2. The number of carbonyl (C=O) groups is 3. The standard InChI is InChI=1S/C23H17Cl3N6O6S/c24-11-1-3-14(13(26)5-11)38-15-4-2-12(25)6-16(15)37-8-10-9-39-22-19(21(34)32(22)20(10)23(35)36)27-18(33)7-17-28-30-31-29-17/h1-6,19,22H,7-9H2,(H,27,33)(H,35,36)(H,28,29,30,31)/t19?,22-/m0/s1. The third-order valence-electron chi connectivity index (χ3n) is 5.70. The second-order valence-electron chi connectivity index (χ2n) is 8.27. The molecule has 0 spiro atoms. The smallest absolute Gasteiger partial charge is 0.352 e. The zero-order chi connectivity index (χ0) is 27.7. The summed E-state index contributed by atoms with van der Waals surface area (Å²) in [5, 5.41) is 26.1. The summed E-state index contributed by atoms with van der Waals surface area (Å²) in [6.07, 6.45) is -0.177. The van der Waals surface area contributed by atoms with Crippen LogP contribution in [0.1, 0.15) is 5.82 Å². The van der Waals surface area contributed by atoms with E-state index in [4.69, 9.17) is 44.3 Å². The van der Waals surface area contributed by atoms with Crippen molar-refractivity contribution in [1.82, 2.24) is 30.8 Å². The van der Waals surface area contributed by atoms with Crippen LogP contribution in [0.15, 0.2) is 47.7 Å². The van der Waals surface area contributed by atoms with E-state index < -0.39 is 29.2 Å². The number of hydrogen-bond donors (Lipinski definition) is 3. The summed E-state index contributed by atoms with van der Waals surface area (Å²) in [6, 6.07) is 8.56. The lowest BCUT2D eigenvalue weighted by atomic mass is 10.0. The van der Waals surface area contributed by atoms with Gasteiger partial charge < -0.3 is 19.9 Å². The maximum Gasteiger partial charge on any atom is 0.352 e. The normalized spacial score (nSPS) is 18.3. The van der Waals surface area contributed by atoms with Gasteiger partial charge in [0.25, 0.3) is 5.91 Å². The van der Waals surface area contributed by atoms with Gasteiger partial charge in [-0.2, -0.15) is 5.21 Å². The molecule has 1 saturated heterocycles. The minimum atomic E-state index is -1.29. The topological polar surface area (TPSA) is 160 Å². The molecule has 1 aromatic heterocycles. The highest BCUT2D eigenvalue weighted by Crippen LogP contribution is 2.42. The molecule has 2 aromatic carbocycles. The Morgan fingerprint density at radius 3 is 2.56 bits per heavy atom.